The summed E-state index contributed by atoms with van der Waals surface area (Å²) in [5, 5.41) is 3.99. The molecule has 1 atom stereocenters. The molecule has 0 N–H and O–H groups in total. The number of pyridine rings is 1. The number of carbonyl (C=O) groups is 1. The molecule has 1 aliphatic rings. The standard InChI is InChI=1S/C19H19N5O2/c1-12-18(13(2)26-23-12)14-5-6-15(21-10-14)17-4-3-9-24(17)19(25)16-7-8-20-11-22-16/h5-8,10-11,17H,3-4,9H2,1-2H3/t17-/m1/s1. The predicted molar refractivity (Wildman–Crippen MR) is 94.3 cm³/mol. The van der Waals surface area contributed by atoms with Gasteiger partial charge in [0.2, 0.25) is 0 Å². The normalized spacial score (nSPS) is 16.8. The Labute approximate surface area is 151 Å². The zero-order valence-corrected chi connectivity index (χ0v) is 14.7. The van der Waals surface area contributed by atoms with Crippen LogP contribution in [0.1, 0.15) is 46.5 Å². The minimum absolute atomic E-state index is 0.0313. The van der Waals surface area contributed by atoms with Crippen molar-refractivity contribution in [2.24, 2.45) is 0 Å². The van der Waals surface area contributed by atoms with Crippen LogP contribution in [-0.4, -0.2) is 37.5 Å². The molecule has 0 unspecified atom stereocenters. The molecule has 0 radical (unpaired) electrons. The second-order valence-corrected chi connectivity index (χ2v) is 6.42. The monoisotopic (exact) mass is 349 g/mol. The Morgan fingerprint density at radius 2 is 2.12 bits per heavy atom. The van der Waals surface area contributed by atoms with Crippen molar-refractivity contribution >= 4 is 5.91 Å². The highest BCUT2D eigenvalue weighted by molar-refractivity contribution is 5.92. The topological polar surface area (TPSA) is 85.0 Å². The Hall–Kier alpha value is -3.09. The number of hydrogen-bond acceptors (Lipinski definition) is 6. The third kappa shape index (κ3) is 2.85. The van der Waals surface area contributed by atoms with E-state index in [1.165, 1.54) is 6.33 Å². The fourth-order valence-corrected chi connectivity index (χ4v) is 3.53. The first-order chi connectivity index (χ1) is 12.6. The summed E-state index contributed by atoms with van der Waals surface area (Å²) in [6.45, 7) is 4.52. The van der Waals surface area contributed by atoms with Crippen LogP contribution in [0.4, 0.5) is 0 Å². The zero-order valence-electron chi connectivity index (χ0n) is 14.7. The van der Waals surface area contributed by atoms with Crippen molar-refractivity contribution in [3.63, 3.8) is 0 Å². The van der Waals surface area contributed by atoms with Crippen molar-refractivity contribution in [2.45, 2.75) is 32.7 Å². The highest BCUT2D eigenvalue weighted by Crippen LogP contribution is 2.33. The van der Waals surface area contributed by atoms with Gasteiger partial charge in [0.1, 0.15) is 17.8 Å². The molecule has 0 spiro atoms. The number of aryl methyl sites for hydroxylation is 2. The summed E-state index contributed by atoms with van der Waals surface area (Å²) in [6.07, 6.45) is 6.66. The number of nitrogens with zero attached hydrogens (tertiary/aromatic N) is 5. The molecule has 1 fully saturated rings. The third-order valence-electron chi connectivity index (χ3n) is 4.76. The first kappa shape index (κ1) is 16.4. The maximum Gasteiger partial charge on any atom is 0.273 e. The molecule has 7 heteroatoms. The molecule has 3 aromatic rings. The summed E-state index contributed by atoms with van der Waals surface area (Å²) in [5.74, 6) is 0.699. The highest BCUT2D eigenvalue weighted by atomic mass is 16.5. The van der Waals surface area contributed by atoms with Crippen molar-refractivity contribution in [1.29, 1.82) is 0 Å². The van der Waals surface area contributed by atoms with Crippen molar-refractivity contribution in [3.05, 3.63) is 59.8 Å². The van der Waals surface area contributed by atoms with E-state index in [-0.39, 0.29) is 11.9 Å². The van der Waals surface area contributed by atoms with Gasteiger partial charge < -0.3 is 9.42 Å². The molecule has 1 saturated heterocycles. The van der Waals surface area contributed by atoms with E-state index in [1.54, 1.807) is 12.3 Å². The van der Waals surface area contributed by atoms with Gasteiger partial charge in [0.15, 0.2) is 0 Å². The van der Waals surface area contributed by atoms with Crippen LogP contribution < -0.4 is 0 Å². The maximum absolute atomic E-state index is 12.8. The first-order valence-corrected chi connectivity index (χ1v) is 8.61. The van der Waals surface area contributed by atoms with Gasteiger partial charge >= 0.3 is 0 Å². The van der Waals surface area contributed by atoms with Crippen LogP contribution in [0.5, 0.6) is 0 Å². The van der Waals surface area contributed by atoms with Crippen LogP contribution in [0.15, 0.2) is 41.4 Å². The Kier molecular flexibility index (Phi) is 4.20. The van der Waals surface area contributed by atoms with Crippen molar-refractivity contribution in [2.75, 3.05) is 6.54 Å². The number of carbonyl (C=O) groups excluding carboxylic acids is 1. The van der Waals surface area contributed by atoms with E-state index in [0.717, 1.165) is 41.1 Å². The van der Waals surface area contributed by atoms with Gasteiger partial charge in [-0.05, 0) is 38.8 Å². The van der Waals surface area contributed by atoms with E-state index in [4.69, 9.17) is 4.52 Å². The lowest BCUT2D eigenvalue weighted by Crippen LogP contribution is -2.31. The number of hydrogen-bond donors (Lipinski definition) is 0. The van der Waals surface area contributed by atoms with E-state index in [0.29, 0.717) is 12.2 Å². The van der Waals surface area contributed by atoms with Gasteiger partial charge in [-0.25, -0.2) is 9.97 Å². The number of aromatic nitrogens is 4. The first-order valence-electron chi connectivity index (χ1n) is 8.61. The summed E-state index contributed by atoms with van der Waals surface area (Å²) >= 11 is 0. The van der Waals surface area contributed by atoms with E-state index in [2.05, 4.69) is 20.1 Å². The minimum Gasteiger partial charge on any atom is -0.361 e. The third-order valence-corrected chi connectivity index (χ3v) is 4.76. The summed E-state index contributed by atoms with van der Waals surface area (Å²) in [6, 6.07) is 5.61. The molecule has 26 heavy (non-hydrogen) atoms. The molecule has 1 amide bonds. The Bertz CT molecular complexity index is 901. The van der Waals surface area contributed by atoms with Crippen LogP contribution in [0, 0.1) is 13.8 Å². The quantitative estimate of drug-likeness (QED) is 0.722. The Balaban J connectivity index is 1.60. The second-order valence-electron chi connectivity index (χ2n) is 6.42. The molecule has 3 aromatic heterocycles. The molecule has 132 valence electrons. The van der Waals surface area contributed by atoms with Crippen molar-refractivity contribution < 1.29 is 9.32 Å². The SMILES string of the molecule is Cc1noc(C)c1-c1ccc([C@H]2CCCN2C(=O)c2ccncn2)nc1. The maximum atomic E-state index is 12.8. The smallest absolute Gasteiger partial charge is 0.273 e. The number of likely N-dealkylation sites (tertiary alicyclic amines) is 1. The van der Waals surface area contributed by atoms with Gasteiger partial charge in [0.05, 0.1) is 17.4 Å². The number of amides is 1. The molecule has 1 aliphatic heterocycles. The molecular formula is C19H19N5O2. The van der Waals surface area contributed by atoms with Crippen LogP contribution in [0.25, 0.3) is 11.1 Å². The lowest BCUT2D eigenvalue weighted by atomic mass is 10.0. The summed E-state index contributed by atoms with van der Waals surface area (Å²) in [7, 11) is 0. The van der Waals surface area contributed by atoms with Gasteiger partial charge in [0, 0.05) is 30.1 Å². The fraction of sp³-hybridized carbons (Fsp3) is 0.316. The summed E-state index contributed by atoms with van der Waals surface area (Å²) in [4.78, 5) is 27.2. The summed E-state index contributed by atoms with van der Waals surface area (Å²) in [5.41, 5.74) is 4.10. The molecule has 0 bridgehead atoms. The van der Waals surface area contributed by atoms with Gasteiger partial charge in [-0.1, -0.05) is 11.2 Å². The molecular weight excluding hydrogens is 330 g/mol. The van der Waals surface area contributed by atoms with Crippen molar-refractivity contribution in [3.8, 4) is 11.1 Å². The zero-order chi connectivity index (χ0) is 18.1. The van der Waals surface area contributed by atoms with Crippen molar-refractivity contribution in [1.82, 2.24) is 25.0 Å². The van der Waals surface area contributed by atoms with Crippen LogP contribution in [0.3, 0.4) is 0 Å². The van der Waals surface area contributed by atoms with Gasteiger partial charge in [0.25, 0.3) is 5.91 Å². The lowest BCUT2D eigenvalue weighted by molar-refractivity contribution is 0.0726. The Morgan fingerprint density at radius 3 is 2.77 bits per heavy atom. The van der Waals surface area contributed by atoms with E-state index < -0.39 is 0 Å². The molecule has 7 nitrogen and oxygen atoms in total. The van der Waals surface area contributed by atoms with E-state index >= 15 is 0 Å². The minimum atomic E-state index is -0.0773. The van der Waals surface area contributed by atoms with E-state index in [1.807, 2.05) is 37.1 Å². The van der Waals surface area contributed by atoms with Crippen LogP contribution in [0.2, 0.25) is 0 Å². The molecule has 4 heterocycles. The fourth-order valence-electron chi connectivity index (χ4n) is 3.53. The van der Waals surface area contributed by atoms with E-state index in [9.17, 15) is 4.79 Å². The predicted octanol–water partition coefficient (Wildman–Crippen LogP) is 3.12. The average molecular weight is 349 g/mol. The second kappa shape index (κ2) is 6.67. The van der Waals surface area contributed by atoms with Gasteiger partial charge in [-0.2, -0.15) is 0 Å². The highest BCUT2D eigenvalue weighted by Gasteiger charge is 2.32. The molecule has 0 saturated carbocycles. The molecule has 4 rings (SSSR count). The van der Waals surface area contributed by atoms with Crippen LogP contribution >= 0.6 is 0 Å². The van der Waals surface area contributed by atoms with Gasteiger partial charge in [-0.15, -0.1) is 0 Å². The summed E-state index contributed by atoms with van der Waals surface area (Å²) < 4.78 is 5.23. The number of rotatable bonds is 3. The van der Waals surface area contributed by atoms with Crippen LogP contribution in [-0.2, 0) is 0 Å². The molecule has 0 aromatic carbocycles. The largest absolute Gasteiger partial charge is 0.361 e. The molecule has 0 aliphatic carbocycles. The lowest BCUT2D eigenvalue weighted by Gasteiger charge is -2.24. The average Bonchev–Trinajstić information content (AvgIpc) is 3.29. The van der Waals surface area contributed by atoms with Gasteiger partial charge in [-0.3, -0.25) is 9.78 Å². The Morgan fingerprint density at radius 1 is 1.23 bits per heavy atom.